The van der Waals surface area contributed by atoms with Crippen molar-refractivity contribution in [2.45, 2.75) is 18.9 Å². The minimum absolute atomic E-state index is 0.00493. The number of hydrogen-bond acceptors (Lipinski definition) is 4. The molecule has 0 radical (unpaired) electrons. The van der Waals surface area contributed by atoms with Crippen LogP contribution in [-0.4, -0.2) is 27.0 Å². The molecule has 0 spiro atoms. The predicted octanol–water partition coefficient (Wildman–Crippen LogP) is -2.01. The first-order valence-electron chi connectivity index (χ1n) is 3.69. The van der Waals surface area contributed by atoms with Crippen LogP contribution in [-0.2, 0) is 19.8 Å². The molecule has 8 heteroatoms. The van der Waals surface area contributed by atoms with Crippen molar-refractivity contribution >= 4 is 16.1 Å². The number of nitrogens with one attached hydrogen (secondary N) is 2. The minimum atomic E-state index is -3.64. The Morgan fingerprint density at radius 2 is 2.15 bits per heavy atom. The second-order valence-electron chi connectivity index (χ2n) is 2.73. The SMILES string of the molecule is NC(=O)CONS(=O)(=O)NC1CC1. The summed E-state index contributed by atoms with van der Waals surface area (Å²) < 4.78 is 24.2. The topological polar surface area (TPSA) is 111 Å². The van der Waals surface area contributed by atoms with E-state index in [1.807, 2.05) is 0 Å². The maximum Gasteiger partial charge on any atom is 0.299 e. The van der Waals surface area contributed by atoms with Crippen LogP contribution in [0.1, 0.15) is 12.8 Å². The lowest BCUT2D eigenvalue weighted by Crippen LogP contribution is -2.39. The molecule has 13 heavy (non-hydrogen) atoms. The number of carbonyl (C=O) groups excluding carboxylic acids is 1. The van der Waals surface area contributed by atoms with Gasteiger partial charge in [-0.25, -0.2) is 0 Å². The zero-order valence-corrected chi connectivity index (χ0v) is 7.63. The van der Waals surface area contributed by atoms with Crippen molar-refractivity contribution in [1.82, 2.24) is 9.61 Å². The fraction of sp³-hybridized carbons (Fsp3) is 0.800. The fourth-order valence-corrected chi connectivity index (χ4v) is 1.56. The monoisotopic (exact) mass is 209 g/mol. The van der Waals surface area contributed by atoms with E-state index in [1.165, 1.54) is 0 Å². The third kappa shape index (κ3) is 4.78. The van der Waals surface area contributed by atoms with Gasteiger partial charge in [0.05, 0.1) is 0 Å². The van der Waals surface area contributed by atoms with Gasteiger partial charge in [0.1, 0.15) is 6.61 Å². The van der Waals surface area contributed by atoms with E-state index >= 15 is 0 Å². The van der Waals surface area contributed by atoms with Crippen molar-refractivity contribution in [3.63, 3.8) is 0 Å². The highest BCUT2D eigenvalue weighted by atomic mass is 32.2. The van der Waals surface area contributed by atoms with E-state index in [-0.39, 0.29) is 6.04 Å². The summed E-state index contributed by atoms with van der Waals surface area (Å²) in [5.41, 5.74) is 4.72. The predicted molar refractivity (Wildman–Crippen MR) is 43.4 cm³/mol. The summed E-state index contributed by atoms with van der Waals surface area (Å²) in [6, 6.07) is -0.00493. The van der Waals surface area contributed by atoms with E-state index in [2.05, 4.69) is 9.56 Å². The van der Waals surface area contributed by atoms with Crippen molar-refractivity contribution in [2.24, 2.45) is 5.73 Å². The molecule has 1 fully saturated rings. The molecule has 7 nitrogen and oxygen atoms in total. The maximum absolute atomic E-state index is 11.0. The third-order valence-corrected chi connectivity index (χ3v) is 2.26. The number of hydrogen-bond donors (Lipinski definition) is 3. The molecule has 4 N–H and O–H groups in total. The molecule has 0 aromatic heterocycles. The Morgan fingerprint density at radius 1 is 1.54 bits per heavy atom. The summed E-state index contributed by atoms with van der Waals surface area (Å²) in [6.07, 6.45) is 1.66. The average Bonchev–Trinajstić information content (AvgIpc) is 2.68. The Hall–Kier alpha value is -0.700. The van der Waals surface area contributed by atoms with Crippen LogP contribution >= 0.6 is 0 Å². The molecule has 0 atom stereocenters. The van der Waals surface area contributed by atoms with Crippen molar-refractivity contribution in [3.8, 4) is 0 Å². The Morgan fingerprint density at radius 3 is 2.62 bits per heavy atom. The van der Waals surface area contributed by atoms with E-state index < -0.39 is 22.7 Å². The molecule has 0 unspecified atom stereocenters. The summed E-state index contributed by atoms with van der Waals surface area (Å²) in [5.74, 6) is -0.742. The molecule has 0 saturated heterocycles. The second-order valence-corrected chi connectivity index (χ2v) is 4.14. The van der Waals surface area contributed by atoms with Gasteiger partial charge in [0.2, 0.25) is 5.91 Å². The summed E-state index contributed by atoms with van der Waals surface area (Å²) in [4.78, 5) is 16.2. The van der Waals surface area contributed by atoms with Gasteiger partial charge in [0, 0.05) is 6.04 Å². The van der Waals surface area contributed by atoms with E-state index in [1.54, 1.807) is 4.89 Å². The summed E-state index contributed by atoms with van der Waals surface area (Å²) >= 11 is 0. The molecular formula is C5H11N3O4S. The normalized spacial score (nSPS) is 17.2. The van der Waals surface area contributed by atoms with Crippen LogP contribution in [0, 0.1) is 0 Å². The average molecular weight is 209 g/mol. The van der Waals surface area contributed by atoms with Gasteiger partial charge in [-0.3, -0.25) is 9.63 Å². The van der Waals surface area contributed by atoms with Gasteiger partial charge in [-0.05, 0) is 12.8 Å². The first-order chi connectivity index (χ1) is 5.99. The van der Waals surface area contributed by atoms with Crippen LogP contribution in [0.2, 0.25) is 0 Å². The zero-order valence-electron chi connectivity index (χ0n) is 6.82. The van der Waals surface area contributed by atoms with Gasteiger partial charge in [0.15, 0.2) is 0 Å². The van der Waals surface area contributed by atoms with Crippen LogP contribution in [0.4, 0.5) is 0 Å². The van der Waals surface area contributed by atoms with E-state index in [0.717, 1.165) is 12.8 Å². The molecule has 1 aliphatic carbocycles. The Balaban J connectivity index is 2.21. The van der Waals surface area contributed by atoms with Crippen LogP contribution < -0.4 is 15.3 Å². The van der Waals surface area contributed by atoms with E-state index in [0.29, 0.717) is 0 Å². The number of carbonyl (C=O) groups is 1. The smallest absolute Gasteiger partial charge is 0.299 e. The number of amides is 1. The molecule has 0 aliphatic heterocycles. The first-order valence-corrected chi connectivity index (χ1v) is 5.17. The third-order valence-electron chi connectivity index (χ3n) is 1.28. The van der Waals surface area contributed by atoms with Crippen molar-refractivity contribution in [1.29, 1.82) is 0 Å². The van der Waals surface area contributed by atoms with Crippen LogP contribution in [0.25, 0.3) is 0 Å². The van der Waals surface area contributed by atoms with Crippen molar-refractivity contribution in [2.75, 3.05) is 6.61 Å². The summed E-state index contributed by atoms with van der Waals surface area (Å²) in [7, 11) is -3.64. The fourth-order valence-electron chi connectivity index (χ4n) is 0.623. The molecule has 1 saturated carbocycles. The number of primary amides is 1. The van der Waals surface area contributed by atoms with Gasteiger partial charge in [-0.2, -0.15) is 13.1 Å². The Kier molecular flexibility index (Phi) is 3.20. The van der Waals surface area contributed by atoms with Gasteiger partial charge >= 0.3 is 0 Å². The summed E-state index contributed by atoms with van der Waals surface area (Å²) in [5, 5.41) is 0. The number of nitrogens with two attached hydrogens (primary N) is 1. The second kappa shape index (κ2) is 4.01. The van der Waals surface area contributed by atoms with E-state index in [4.69, 9.17) is 5.73 Å². The highest BCUT2D eigenvalue weighted by molar-refractivity contribution is 7.87. The zero-order chi connectivity index (χ0) is 9.90. The molecule has 1 amide bonds. The lowest BCUT2D eigenvalue weighted by Gasteiger charge is -2.05. The Labute approximate surface area is 75.8 Å². The molecule has 0 bridgehead atoms. The van der Waals surface area contributed by atoms with Crippen molar-refractivity contribution < 1.29 is 18.0 Å². The standard InChI is InChI=1S/C5H11N3O4S/c6-5(9)3-12-8-13(10,11)7-4-1-2-4/h4,7-8H,1-3H2,(H2,6,9). The molecule has 1 rings (SSSR count). The van der Waals surface area contributed by atoms with Crippen LogP contribution in [0.5, 0.6) is 0 Å². The maximum atomic E-state index is 11.0. The van der Waals surface area contributed by atoms with Crippen LogP contribution in [0.15, 0.2) is 0 Å². The molecule has 0 aromatic carbocycles. The lowest BCUT2D eigenvalue weighted by atomic mass is 10.7. The van der Waals surface area contributed by atoms with Gasteiger partial charge < -0.3 is 5.73 Å². The molecule has 1 aliphatic rings. The quantitative estimate of drug-likeness (QED) is 0.439. The van der Waals surface area contributed by atoms with Crippen molar-refractivity contribution in [3.05, 3.63) is 0 Å². The Bertz CT molecular complexity index is 284. The van der Waals surface area contributed by atoms with Gasteiger partial charge in [0.25, 0.3) is 10.2 Å². The molecule has 76 valence electrons. The molecular weight excluding hydrogens is 198 g/mol. The first kappa shape index (κ1) is 10.4. The van der Waals surface area contributed by atoms with Gasteiger partial charge in [-0.1, -0.05) is 4.89 Å². The largest absolute Gasteiger partial charge is 0.368 e. The number of rotatable bonds is 6. The highest BCUT2D eigenvalue weighted by Gasteiger charge is 2.26. The molecule has 0 heterocycles. The molecule has 0 aromatic rings. The lowest BCUT2D eigenvalue weighted by molar-refractivity contribution is -0.123. The van der Waals surface area contributed by atoms with Crippen LogP contribution in [0.3, 0.4) is 0 Å². The van der Waals surface area contributed by atoms with Gasteiger partial charge in [-0.15, -0.1) is 0 Å². The minimum Gasteiger partial charge on any atom is -0.368 e. The highest BCUT2D eigenvalue weighted by Crippen LogP contribution is 2.19. The summed E-state index contributed by atoms with van der Waals surface area (Å²) in [6.45, 7) is -0.481. The van der Waals surface area contributed by atoms with E-state index in [9.17, 15) is 13.2 Å².